The first kappa shape index (κ1) is 25.8. The molecule has 2 aromatic carbocycles. The van der Waals surface area contributed by atoms with Crippen molar-refractivity contribution in [3.8, 4) is 0 Å². The van der Waals surface area contributed by atoms with Crippen molar-refractivity contribution in [2.75, 3.05) is 22.9 Å². The molecule has 0 radical (unpaired) electrons. The molecule has 0 spiro atoms. The third-order valence-electron chi connectivity index (χ3n) is 4.12. The van der Waals surface area contributed by atoms with Gasteiger partial charge in [-0.1, -0.05) is 12.6 Å². The summed E-state index contributed by atoms with van der Waals surface area (Å²) in [6.45, 7) is 1.25. The number of carbonyl (C=O) groups excluding carboxylic acids is 3. The van der Waals surface area contributed by atoms with Crippen molar-refractivity contribution in [1.82, 2.24) is 0 Å². The average Bonchev–Trinajstić information content (AvgIpc) is 2.79. The molecule has 1 N–H and O–H groups in total. The van der Waals surface area contributed by atoms with Gasteiger partial charge in [-0.3, -0.25) is 24.2 Å². The standard InChI is InChI=1S/C22H16F4N2O6/c1-2-18(29)28(16-5-3-4-15(25)22(16)26)12-21(33)34-9-8-19(30)27(11-20(31)32)17-10-13(23)6-7-14(17)24/h2-10H,1,11-12H2,(H,31,32)/b9-8+. The number of carboxylic acids is 1. The van der Waals surface area contributed by atoms with E-state index in [2.05, 4.69) is 11.3 Å². The molecule has 0 aromatic heterocycles. The van der Waals surface area contributed by atoms with Crippen LogP contribution in [0, 0.1) is 23.3 Å². The fourth-order valence-corrected chi connectivity index (χ4v) is 2.63. The van der Waals surface area contributed by atoms with Crippen LogP contribution in [0.15, 0.2) is 61.4 Å². The molecule has 0 bridgehead atoms. The lowest BCUT2D eigenvalue weighted by Gasteiger charge is -2.21. The zero-order chi connectivity index (χ0) is 25.4. The number of hydrogen-bond acceptors (Lipinski definition) is 5. The van der Waals surface area contributed by atoms with Gasteiger partial charge < -0.3 is 9.84 Å². The number of carboxylic acid groups (broad SMARTS) is 1. The Kier molecular flexibility index (Phi) is 8.65. The molecule has 0 fully saturated rings. The van der Waals surface area contributed by atoms with E-state index in [1.54, 1.807) is 0 Å². The van der Waals surface area contributed by atoms with Crippen molar-refractivity contribution in [3.63, 3.8) is 0 Å². The molecule has 0 saturated heterocycles. The maximum atomic E-state index is 14.0. The highest BCUT2D eigenvalue weighted by Gasteiger charge is 2.23. The van der Waals surface area contributed by atoms with E-state index in [1.165, 1.54) is 0 Å². The maximum absolute atomic E-state index is 14.0. The van der Waals surface area contributed by atoms with Crippen LogP contribution in [0.5, 0.6) is 0 Å². The number of ether oxygens (including phenoxy) is 1. The summed E-state index contributed by atoms with van der Waals surface area (Å²) < 4.78 is 59.6. The monoisotopic (exact) mass is 480 g/mol. The molecule has 12 heteroatoms. The van der Waals surface area contributed by atoms with E-state index >= 15 is 0 Å². The molecule has 2 aromatic rings. The summed E-state index contributed by atoms with van der Waals surface area (Å²) in [5, 5.41) is 8.97. The lowest BCUT2D eigenvalue weighted by molar-refractivity contribution is -0.138. The number of halogens is 4. The molecule has 0 aliphatic carbocycles. The van der Waals surface area contributed by atoms with Gasteiger partial charge in [-0.15, -0.1) is 0 Å². The number of aliphatic carboxylic acids is 1. The molecule has 0 atom stereocenters. The Balaban J connectivity index is 2.17. The van der Waals surface area contributed by atoms with Gasteiger partial charge in [0.2, 0.25) is 0 Å². The van der Waals surface area contributed by atoms with Crippen LogP contribution in [0.25, 0.3) is 0 Å². The zero-order valence-electron chi connectivity index (χ0n) is 17.2. The van der Waals surface area contributed by atoms with E-state index in [-0.39, 0.29) is 0 Å². The van der Waals surface area contributed by atoms with Crippen molar-refractivity contribution in [3.05, 3.63) is 84.7 Å². The van der Waals surface area contributed by atoms with E-state index in [9.17, 15) is 36.7 Å². The average molecular weight is 480 g/mol. The van der Waals surface area contributed by atoms with Crippen LogP contribution in [-0.2, 0) is 23.9 Å². The number of rotatable bonds is 9. The first-order valence-electron chi connectivity index (χ1n) is 9.27. The lowest BCUT2D eigenvalue weighted by Crippen LogP contribution is -2.36. The Morgan fingerprint density at radius 1 is 0.912 bits per heavy atom. The number of amides is 2. The molecule has 0 unspecified atom stereocenters. The number of nitrogens with zero attached hydrogens (tertiary/aromatic N) is 2. The highest BCUT2D eigenvalue weighted by atomic mass is 19.2. The van der Waals surface area contributed by atoms with Gasteiger partial charge in [-0.05, 0) is 30.3 Å². The predicted molar refractivity (Wildman–Crippen MR) is 110 cm³/mol. The Labute approximate surface area is 189 Å². The summed E-state index contributed by atoms with van der Waals surface area (Å²) in [7, 11) is 0. The zero-order valence-corrected chi connectivity index (χ0v) is 17.2. The molecular formula is C22H16F4N2O6. The molecule has 178 valence electrons. The summed E-state index contributed by atoms with van der Waals surface area (Å²) in [6.07, 6.45) is 1.80. The minimum atomic E-state index is -1.54. The van der Waals surface area contributed by atoms with Crippen LogP contribution in [0.2, 0.25) is 0 Å². The van der Waals surface area contributed by atoms with Crippen LogP contribution in [-0.4, -0.2) is 41.9 Å². The topological polar surface area (TPSA) is 104 Å². The molecule has 2 rings (SSSR count). The third kappa shape index (κ3) is 6.51. The highest BCUT2D eigenvalue weighted by molar-refractivity contribution is 6.05. The molecule has 0 aliphatic heterocycles. The van der Waals surface area contributed by atoms with Gasteiger partial charge in [0.15, 0.2) is 11.6 Å². The van der Waals surface area contributed by atoms with Gasteiger partial charge in [-0.2, -0.15) is 0 Å². The lowest BCUT2D eigenvalue weighted by atomic mass is 10.2. The minimum absolute atomic E-state index is 0.376. The van der Waals surface area contributed by atoms with Crippen molar-refractivity contribution >= 4 is 35.1 Å². The third-order valence-corrected chi connectivity index (χ3v) is 4.12. The van der Waals surface area contributed by atoms with E-state index in [4.69, 9.17) is 5.11 Å². The predicted octanol–water partition coefficient (Wildman–Crippen LogP) is 2.94. The van der Waals surface area contributed by atoms with Gasteiger partial charge in [0, 0.05) is 12.1 Å². The summed E-state index contributed by atoms with van der Waals surface area (Å²) in [6, 6.07) is 4.98. The van der Waals surface area contributed by atoms with Crippen LogP contribution in [0.4, 0.5) is 28.9 Å². The summed E-state index contributed by atoms with van der Waals surface area (Å²) in [4.78, 5) is 48.4. The van der Waals surface area contributed by atoms with Gasteiger partial charge in [-0.25, -0.2) is 22.4 Å². The van der Waals surface area contributed by atoms with Gasteiger partial charge in [0.25, 0.3) is 11.8 Å². The number of benzene rings is 2. The number of carbonyl (C=O) groups is 4. The van der Waals surface area contributed by atoms with Crippen molar-refractivity contribution in [2.45, 2.75) is 0 Å². The second kappa shape index (κ2) is 11.4. The first-order chi connectivity index (χ1) is 16.0. The molecule has 8 nitrogen and oxygen atoms in total. The molecule has 34 heavy (non-hydrogen) atoms. The van der Waals surface area contributed by atoms with E-state index in [0.717, 1.165) is 30.3 Å². The second-order valence-electron chi connectivity index (χ2n) is 6.41. The molecule has 0 aliphatic rings. The Bertz CT molecular complexity index is 1170. The Morgan fingerprint density at radius 3 is 2.24 bits per heavy atom. The highest BCUT2D eigenvalue weighted by Crippen LogP contribution is 2.23. The van der Waals surface area contributed by atoms with Crippen LogP contribution in [0.3, 0.4) is 0 Å². The Morgan fingerprint density at radius 2 is 1.59 bits per heavy atom. The molecule has 2 amide bonds. The fraction of sp³-hybridized carbons (Fsp3) is 0.0909. The smallest absolute Gasteiger partial charge is 0.330 e. The van der Waals surface area contributed by atoms with Gasteiger partial charge in [0.05, 0.1) is 17.6 Å². The van der Waals surface area contributed by atoms with Crippen molar-refractivity contribution < 1.29 is 46.6 Å². The Hall–Kier alpha value is -4.48. The molecule has 0 heterocycles. The molecular weight excluding hydrogens is 464 g/mol. The summed E-state index contributed by atoms with van der Waals surface area (Å²) in [5.41, 5.74) is -1.25. The normalized spacial score (nSPS) is 10.6. The van der Waals surface area contributed by atoms with E-state index < -0.39 is 71.5 Å². The van der Waals surface area contributed by atoms with Crippen LogP contribution >= 0.6 is 0 Å². The minimum Gasteiger partial charge on any atom is -0.480 e. The van der Waals surface area contributed by atoms with Crippen molar-refractivity contribution in [2.24, 2.45) is 0 Å². The first-order valence-corrected chi connectivity index (χ1v) is 9.27. The van der Waals surface area contributed by atoms with Crippen LogP contribution in [0.1, 0.15) is 0 Å². The van der Waals surface area contributed by atoms with E-state index in [0.29, 0.717) is 34.3 Å². The second-order valence-corrected chi connectivity index (χ2v) is 6.41. The van der Waals surface area contributed by atoms with Gasteiger partial charge in [0.1, 0.15) is 24.7 Å². The van der Waals surface area contributed by atoms with Crippen molar-refractivity contribution in [1.29, 1.82) is 0 Å². The number of hydrogen-bond donors (Lipinski definition) is 1. The SMILES string of the molecule is C=CC(=O)N(CC(=O)O/C=C/C(=O)N(CC(=O)O)c1cc(F)ccc1F)c1cccc(F)c1F. The number of anilines is 2. The van der Waals surface area contributed by atoms with Gasteiger partial charge >= 0.3 is 11.9 Å². The number of esters is 1. The summed E-state index contributed by atoms with van der Waals surface area (Å²) >= 11 is 0. The molecule has 0 saturated carbocycles. The largest absolute Gasteiger partial charge is 0.480 e. The maximum Gasteiger partial charge on any atom is 0.330 e. The van der Waals surface area contributed by atoms with Crippen LogP contribution < -0.4 is 9.80 Å². The van der Waals surface area contributed by atoms with E-state index in [1.807, 2.05) is 0 Å². The quantitative estimate of drug-likeness (QED) is 0.256. The summed E-state index contributed by atoms with van der Waals surface area (Å²) in [5.74, 6) is -9.60. The fourth-order valence-electron chi connectivity index (χ4n) is 2.63.